The molecule has 0 radical (unpaired) electrons. The Morgan fingerprint density at radius 1 is 1.29 bits per heavy atom. The minimum absolute atomic E-state index is 0.274. The molecule has 1 aliphatic heterocycles. The zero-order valence-corrected chi connectivity index (χ0v) is 11.5. The molecule has 0 amide bonds. The fraction of sp³-hybridized carbons (Fsp3) is 1.00. The number of hydrogen-bond acceptors (Lipinski definition) is 3. The monoisotopic (exact) mass is 240 g/mol. The van der Waals surface area contributed by atoms with Crippen molar-refractivity contribution < 1.29 is 4.74 Å². The number of nitrogens with two attached hydrogens (primary N) is 1. The number of piperidine rings is 1. The summed E-state index contributed by atoms with van der Waals surface area (Å²) in [6.45, 7) is 8.35. The first-order chi connectivity index (χ1) is 8.26. The summed E-state index contributed by atoms with van der Waals surface area (Å²) in [6, 6.07) is 0. The molecule has 3 nitrogen and oxygen atoms in total. The van der Waals surface area contributed by atoms with Gasteiger partial charge in [-0.05, 0) is 51.5 Å². The van der Waals surface area contributed by atoms with Crippen LogP contribution in [0.1, 0.15) is 46.0 Å². The van der Waals surface area contributed by atoms with Gasteiger partial charge in [-0.3, -0.25) is 4.90 Å². The van der Waals surface area contributed by atoms with E-state index in [0.717, 1.165) is 25.6 Å². The average Bonchev–Trinajstić information content (AvgIpc) is 3.17. The molecule has 2 rings (SSSR count). The Balaban J connectivity index is 2.02. The van der Waals surface area contributed by atoms with E-state index in [1.807, 2.05) is 0 Å². The van der Waals surface area contributed by atoms with Crippen molar-refractivity contribution in [1.82, 2.24) is 4.90 Å². The third-order valence-corrected chi connectivity index (χ3v) is 4.71. The molecule has 2 fully saturated rings. The Morgan fingerprint density at radius 3 is 2.59 bits per heavy atom. The Kier molecular flexibility index (Phi) is 4.45. The van der Waals surface area contributed by atoms with Crippen molar-refractivity contribution in [2.24, 2.45) is 11.7 Å². The van der Waals surface area contributed by atoms with Crippen LogP contribution in [-0.4, -0.2) is 42.8 Å². The van der Waals surface area contributed by atoms with Gasteiger partial charge >= 0.3 is 0 Å². The minimum Gasteiger partial charge on any atom is -0.377 e. The highest BCUT2D eigenvalue weighted by atomic mass is 16.5. The van der Waals surface area contributed by atoms with E-state index in [0.29, 0.717) is 6.10 Å². The van der Waals surface area contributed by atoms with Crippen LogP contribution in [0.25, 0.3) is 0 Å². The van der Waals surface area contributed by atoms with E-state index in [2.05, 4.69) is 18.7 Å². The third-order valence-electron chi connectivity index (χ3n) is 4.71. The lowest BCUT2D eigenvalue weighted by molar-refractivity contribution is -0.0408. The van der Waals surface area contributed by atoms with Crippen molar-refractivity contribution in [3.8, 4) is 0 Å². The molecule has 2 atom stereocenters. The van der Waals surface area contributed by atoms with Crippen LogP contribution < -0.4 is 5.73 Å². The highest BCUT2D eigenvalue weighted by Gasteiger charge is 2.47. The first-order valence-corrected chi connectivity index (χ1v) is 7.33. The van der Waals surface area contributed by atoms with Gasteiger partial charge in [-0.15, -0.1) is 0 Å². The summed E-state index contributed by atoms with van der Waals surface area (Å²) in [7, 11) is 0. The zero-order chi connectivity index (χ0) is 12.3. The van der Waals surface area contributed by atoms with Gasteiger partial charge in [0.2, 0.25) is 0 Å². The van der Waals surface area contributed by atoms with Gasteiger partial charge in [0.25, 0.3) is 0 Å². The first-order valence-electron chi connectivity index (χ1n) is 7.33. The lowest BCUT2D eigenvalue weighted by atomic mass is 9.86. The standard InChI is InChI=1S/C14H28N2O/c1-3-14(11-15,12-7-8-12)16-9-5-6-13(10-16)17-4-2/h12-13H,3-11,15H2,1-2H3. The van der Waals surface area contributed by atoms with Gasteiger partial charge in [-0.2, -0.15) is 0 Å². The Labute approximate surface area is 106 Å². The maximum Gasteiger partial charge on any atom is 0.0702 e. The summed E-state index contributed by atoms with van der Waals surface area (Å²) in [5, 5.41) is 0. The number of ether oxygens (including phenoxy) is 1. The van der Waals surface area contributed by atoms with E-state index < -0.39 is 0 Å². The normalized spacial score (nSPS) is 30.2. The van der Waals surface area contributed by atoms with Gasteiger partial charge < -0.3 is 10.5 Å². The minimum atomic E-state index is 0.274. The molecule has 0 aromatic heterocycles. The molecule has 2 aliphatic rings. The molecule has 1 saturated carbocycles. The Morgan fingerprint density at radius 2 is 2.06 bits per heavy atom. The second-order valence-electron chi connectivity index (χ2n) is 5.60. The molecule has 0 spiro atoms. The van der Waals surface area contributed by atoms with Crippen LogP contribution in [0.5, 0.6) is 0 Å². The van der Waals surface area contributed by atoms with Crippen molar-refractivity contribution in [2.75, 3.05) is 26.2 Å². The summed E-state index contributed by atoms with van der Waals surface area (Å²) in [5.41, 5.74) is 6.40. The molecule has 0 aromatic rings. The summed E-state index contributed by atoms with van der Waals surface area (Å²) < 4.78 is 5.81. The highest BCUT2D eigenvalue weighted by molar-refractivity contribution is 5.03. The van der Waals surface area contributed by atoms with Gasteiger partial charge in [0, 0.05) is 25.2 Å². The van der Waals surface area contributed by atoms with Crippen LogP contribution in [-0.2, 0) is 4.74 Å². The summed E-state index contributed by atoms with van der Waals surface area (Å²) in [4.78, 5) is 2.65. The van der Waals surface area contributed by atoms with Crippen molar-refractivity contribution in [2.45, 2.75) is 57.6 Å². The van der Waals surface area contributed by atoms with E-state index in [1.54, 1.807) is 0 Å². The Hall–Kier alpha value is -0.120. The van der Waals surface area contributed by atoms with E-state index in [-0.39, 0.29) is 5.54 Å². The molecule has 2 unspecified atom stereocenters. The zero-order valence-electron chi connectivity index (χ0n) is 11.5. The quantitative estimate of drug-likeness (QED) is 0.772. The van der Waals surface area contributed by atoms with E-state index >= 15 is 0 Å². The fourth-order valence-electron chi connectivity index (χ4n) is 3.55. The average molecular weight is 240 g/mol. The summed E-state index contributed by atoms with van der Waals surface area (Å²) in [6.07, 6.45) is 6.86. The van der Waals surface area contributed by atoms with E-state index in [1.165, 1.54) is 38.6 Å². The topological polar surface area (TPSA) is 38.5 Å². The van der Waals surface area contributed by atoms with Gasteiger partial charge in [0.05, 0.1) is 6.10 Å². The smallest absolute Gasteiger partial charge is 0.0702 e. The lowest BCUT2D eigenvalue weighted by Gasteiger charge is -2.47. The molecule has 3 heteroatoms. The molecule has 1 heterocycles. The number of hydrogen-bond donors (Lipinski definition) is 1. The van der Waals surface area contributed by atoms with Crippen LogP contribution in [0.4, 0.5) is 0 Å². The largest absolute Gasteiger partial charge is 0.377 e. The molecule has 0 bridgehead atoms. The second-order valence-corrected chi connectivity index (χ2v) is 5.60. The van der Waals surface area contributed by atoms with E-state index in [9.17, 15) is 0 Å². The molecule has 17 heavy (non-hydrogen) atoms. The summed E-state index contributed by atoms with van der Waals surface area (Å²) in [5.74, 6) is 0.845. The molecule has 2 N–H and O–H groups in total. The SMILES string of the molecule is CCOC1CCCN(C(CC)(CN)C2CC2)C1. The number of likely N-dealkylation sites (tertiary alicyclic amines) is 1. The van der Waals surface area contributed by atoms with Crippen LogP contribution in [0, 0.1) is 5.92 Å². The molecular formula is C14H28N2O. The van der Waals surface area contributed by atoms with Crippen LogP contribution in [0.2, 0.25) is 0 Å². The Bertz CT molecular complexity index is 234. The van der Waals surface area contributed by atoms with Crippen LogP contribution in [0.15, 0.2) is 0 Å². The van der Waals surface area contributed by atoms with Gasteiger partial charge in [-0.1, -0.05) is 6.92 Å². The van der Waals surface area contributed by atoms with Gasteiger partial charge in [0.1, 0.15) is 0 Å². The first kappa shape index (κ1) is 13.3. The molecule has 1 aliphatic carbocycles. The predicted octanol–water partition coefficient (Wildman–Crippen LogP) is 2.00. The van der Waals surface area contributed by atoms with Crippen molar-refractivity contribution in [3.05, 3.63) is 0 Å². The van der Waals surface area contributed by atoms with Gasteiger partial charge in [-0.25, -0.2) is 0 Å². The molecule has 0 aromatic carbocycles. The highest BCUT2D eigenvalue weighted by Crippen LogP contribution is 2.45. The maximum atomic E-state index is 6.13. The second kappa shape index (κ2) is 5.68. The van der Waals surface area contributed by atoms with Crippen molar-refractivity contribution in [1.29, 1.82) is 0 Å². The van der Waals surface area contributed by atoms with Crippen LogP contribution >= 0.6 is 0 Å². The summed E-state index contributed by atoms with van der Waals surface area (Å²) >= 11 is 0. The molecule has 1 saturated heterocycles. The van der Waals surface area contributed by atoms with Crippen molar-refractivity contribution >= 4 is 0 Å². The predicted molar refractivity (Wildman–Crippen MR) is 71.0 cm³/mol. The number of rotatable bonds is 6. The third kappa shape index (κ3) is 2.67. The molecular weight excluding hydrogens is 212 g/mol. The van der Waals surface area contributed by atoms with E-state index in [4.69, 9.17) is 10.5 Å². The van der Waals surface area contributed by atoms with Gasteiger partial charge in [0.15, 0.2) is 0 Å². The number of nitrogens with zero attached hydrogens (tertiary/aromatic N) is 1. The van der Waals surface area contributed by atoms with Crippen LogP contribution in [0.3, 0.4) is 0 Å². The van der Waals surface area contributed by atoms with Crippen molar-refractivity contribution in [3.63, 3.8) is 0 Å². The molecule has 100 valence electrons. The maximum absolute atomic E-state index is 6.13. The fourth-order valence-corrected chi connectivity index (χ4v) is 3.55. The lowest BCUT2D eigenvalue weighted by Crippen LogP contribution is -2.59.